The van der Waals surface area contributed by atoms with E-state index >= 15 is 0 Å². The molecular formula is C8H14ClN3O. The van der Waals surface area contributed by atoms with Crippen molar-refractivity contribution >= 4 is 12.4 Å². The predicted molar refractivity (Wildman–Crippen MR) is 54.3 cm³/mol. The van der Waals surface area contributed by atoms with Crippen LogP contribution in [0.25, 0.3) is 0 Å². The van der Waals surface area contributed by atoms with Crippen LogP contribution in [0.15, 0.2) is 23.1 Å². The van der Waals surface area contributed by atoms with Gasteiger partial charge in [-0.25, -0.2) is 4.68 Å². The van der Waals surface area contributed by atoms with Gasteiger partial charge in [0.25, 0.3) is 5.56 Å². The average Bonchev–Trinajstić information content (AvgIpc) is 2.03. The molecule has 1 rings (SSSR count). The van der Waals surface area contributed by atoms with Crippen LogP contribution in [0, 0.1) is 0 Å². The molecule has 0 aliphatic carbocycles. The van der Waals surface area contributed by atoms with Gasteiger partial charge in [0.05, 0.1) is 6.54 Å². The number of aromatic nitrogens is 2. The molecule has 0 saturated carbocycles. The first-order chi connectivity index (χ1) is 5.70. The number of hydrogen-bond donors (Lipinski definition) is 0. The Bertz CT molecular complexity index is 297. The third-order valence-corrected chi connectivity index (χ3v) is 1.54. The molecule has 1 aromatic rings. The SMILES string of the molecule is CN(C)CCn1ncccc1=O.Cl. The smallest absolute Gasteiger partial charge is 0.266 e. The third-order valence-electron chi connectivity index (χ3n) is 1.54. The number of halogens is 1. The van der Waals surface area contributed by atoms with Gasteiger partial charge in [-0.3, -0.25) is 4.79 Å². The van der Waals surface area contributed by atoms with Gasteiger partial charge in [-0.05, 0) is 20.2 Å². The quantitative estimate of drug-likeness (QED) is 0.706. The third kappa shape index (κ3) is 4.05. The van der Waals surface area contributed by atoms with Crippen LogP contribution in [-0.2, 0) is 6.54 Å². The highest BCUT2D eigenvalue weighted by atomic mass is 35.5. The molecule has 0 spiro atoms. The molecule has 4 nitrogen and oxygen atoms in total. The van der Waals surface area contributed by atoms with E-state index in [-0.39, 0.29) is 18.0 Å². The first-order valence-electron chi connectivity index (χ1n) is 3.87. The Kier molecular flexibility index (Phi) is 5.34. The van der Waals surface area contributed by atoms with Crippen LogP contribution in [0.1, 0.15) is 0 Å². The van der Waals surface area contributed by atoms with Crippen LogP contribution in [0.5, 0.6) is 0 Å². The highest BCUT2D eigenvalue weighted by Crippen LogP contribution is 1.79. The van der Waals surface area contributed by atoms with E-state index in [1.807, 2.05) is 19.0 Å². The zero-order chi connectivity index (χ0) is 8.97. The van der Waals surface area contributed by atoms with Crippen molar-refractivity contribution < 1.29 is 0 Å². The highest BCUT2D eigenvalue weighted by molar-refractivity contribution is 5.85. The van der Waals surface area contributed by atoms with Gasteiger partial charge < -0.3 is 4.90 Å². The summed E-state index contributed by atoms with van der Waals surface area (Å²) in [6.45, 7) is 1.48. The summed E-state index contributed by atoms with van der Waals surface area (Å²) in [4.78, 5) is 13.1. The minimum atomic E-state index is -0.0423. The zero-order valence-corrected chi connectivity index (χ0v) is 8.62. The molecule has 5 heteroatoms. The molecule has 0 aliphatic heterocycles. The standard InChI is InChI=1S/C8H13N3O.ClH/c1-10(2)6-7-11-8(12)4-3-5-9-11;/h3-5H,6-7H2,1-2H3;1H. The monoisotopic (exact) mass is 203 g/mol. The van der Waals surface area contributed by atoms with Gasteiger partial charge in [-0.15, -0.1) is 12.4 Å². The molecule has 1 aromatic heterocycles. The lowest BCUT2D eigenvalue weighted by atomic mass is 10.5. The van der Waals surface area contributed by atoms with E-state index in [1.165, 1.54) is 10.7 Å². The topological polar surface area (TPSA) is 38.1 Å². The van der Waals surface area contributed by atoms with Gasteiger partial charge >= 0.3 is 0 Å². The second kappa shape index (κ2) is 5.72. The number of rotatable bonds is 3. The second-order valence-electron chi connectivity index (χ2n) is 2.89. The van der Waals surface area contributed by atoms with Crippen molar-refractivity contribution in [2.75, 3.05) is 20.6 Å². The van der Waals surface area contributed by atoms with E-state index in [2.05, 4.69) is 5.10 Å². The van der Waals surface area contributed by atoms with Gasteiger partial charge in [-0.2, -0.15) is 5.10 Å². The number of hydrogen-bond acceptors (Lipinski definition) is 3. The van der Waals surface area contributed by atoms with Gasteiger partial charge in [0.15, 0.2) is 0 Å². The maximum atomic E-state index is 11.1. The zero-order valence-electron chi connectivity index (χ0n) is 7.80. The summed E-state index contributed by atoms with van der Waals surface area (Å²) in [7, 11) is 3.93. The minimum absolute atomic E-state index is 0. The fourth-order valence-electron chi connectivity index (χ4n) is 0.850. The second-order valence-corrected chi connectivity index (χ2v) is 2.89. The lowest BCUT2D eigenvalue weighted by Crippen LogP contribution is -2.27. The molecule has 0 atom stereocenters. The van der Waals surface area contributed by atoms with Gasteiger partial charge in [-0.1, -0.05) is 0 Å². The summed E-state index contributed by atoms with van der Waals surface area (Å²) in [5.74, 6) is 0. The molecule has 0 unspecified atom stereocenters. The Morgan fingerprint density at radius 1 is 1.54 bits per heavy atom. The Morgan fingerprint density at radius 3 is 2.77 bits per heavy atom. The molecule has 0 aromatic carbocycles. The maximum Gasteiger partial charge on any atom is 0.266 e. The Hall–Kier alpha value is -0.870. The molecule has 74 valence electrons. The lowest BCUT2D eigenvalue weighted by Gasteiger charge is -2.09. The molecule has 0 radical (unpaired) electrons. The number of nitrogens with zero attached hydrogens (tertiary/aromatic N) is 3. The first-order valence-corrected chi connectivity index (χ1v) is 3.87. The van der Waals surface area contributed by atoms with Crippen LogP contribution in [0.2, 0.25) is 0 Å². The molecule has 0 amide bonds. The maximum absolute atomic E-state index is 11.1. The molecule has 0 fully saturated rings. The summed E-state index contributed by atoms with van der Waals surface area (Å²) in [6.07, 6.45) is 1.62. The van der Waals surface area contributed by atoms with Crippen molar-refractivity contribution in [3.8, 4) is 0 Å². The minimum Gasteiger partial charge on any atom is -0.308 e. The van der Waals surface area contributed by atoms with Crippen LogP contribution in [0.3, 0.4) is 0 Å². The van der Waals surface area contributed by atoms with Gasteiger partial charge in [0.2, 0.25) is 0 Å². The van der Waals surface area contributed by atoms with Crippen LogP contribution < -0.4 is 5.56 Å². The van der Waals surface area contributed by atoms with E-state index in [4.69, 9.17) is 0 Å². The fraction of sp³-hybridized carbons (Fsp3) is 0.500. The van der Waals surface area contributed by atoms with Crippen molar-refractivity contribution in [2.45, 2.75) is 6.54 Å². The van der Waals surface area contributed by atoms with Gasteiger partial charge in [0.1, 0.15) is 0 Å². The van der Waals surface area contributed by atoms with E-state index in [0.717, 1.165) is 6.54 Å². The molecule has 13 heavy (non-hydrogen) atoms. The fourth-order valence-corrected chi connectivity index (χ4v) is 0.850. The lowest BCUT2D eigenvalue weighted by molar-refractivity contribution is 0.367. The normalized spacial score (nSPS) is 9.77. The van der Waals surface area contributed by atoms with Crippen molar-refractivity contribution in [1.29, 1.82) is 0 Å². The molecule has 1 heterocycles. The first kappa shape index (κ1) is 12.1. The van der Waals surface area contributed by atoms with E-state index in [1.54, 1.807) is 12.3 Å². The van der Waals surface area contributed by atoms with Crippen molar-refractivity contribution in [2.24, 2.45) is 0 Å². The molecule has 0 N–H and O–H groups in total. The predicted octanol–water partition coefficient (Wildman–Crippen LogP) is 0.227. The summed E-state index contributed by atoms with van der Waals surface area (Å²) in [6, 6.07) is 3.16. The summed E-state index contributed by atoms with van der Waals surface area (Å²) in [5, 5.41) is 3.93. The molecule has 0 aliphatic rings. The van der Waals surface area contributed by atoms with Crippen LogP contribution in [0.4, 0.5) is 0 Å². The van der Waals surface area contributed by atoms with E-state index in [9.17, 15) is 4.79 Å². The Balaban J connectivity index is 0.00000144. The Labute approximate surface area is 83.6 Å². The van der Waals surface area contributed by atoms with E-state index in [0.29, 0.717) is 6.54 Å². The highest BCUT2D eigenvalue weighted by Gasteiger charge is 1.95. The van der Waals surface area contributed by atoms with Crippen molar-refractivity contribution in [3.63, 3.8) is 0 Å². The van der Waals surface area contributed by atoms with Crippen molar-refractivity contribution in [3.05, 3.63) is 28.7 Å². The average molecular weight is 204 g/mol. The molecule has 0 bridgehead atoms. The summed E-state index contributed by atoms with van der Waals surface area (Å²) in [5.41, 5.74) is -0.0423. The summed E-state index contributed by atoms with van der Waals surface area (Å²) < 4.78 is 1.46. The van der Waals surface area contributed by atoms with Gasteiger partial charge in [0, 0.05) is 18.8 Å². The Morgan fingerprint density at radius 2 is 2.23 bits per heavy atom. The van der Waals surface area contributed by atoms with Crippen molar-refractivity contribution in [1.82, 2.24) is 14.7 Å². The van der Waals surface area contributed by atoms with Crippen LogP contribution in [-0.4, -0.2) is 35.3 Å². The van der Waals surface area contributed by atoms with E-state index < -0.39 is 0 Å². The number of likely N-dealkylation sites (N-methyl/N-ethyl adjacent to an activating group) is 1. The molecule has 0 saturated heterocycles. The molecular weight excluding hydrogens is 190 g/mol. The summed E-state index contributed by atoms with van der Waals surface area (Å²) >= 11 is 0. The largest absolute Gasteiger partial charge is 0.308 e. The van der Waals surface area contributed by atoms with Crippen LogP contribution >= 0.6 is 12.4 Å².